The average Bonchev–Trinajstić information content (AvgIpc) is 1.95. The lowest BCUT2D eigenvalue weighted by Gasteiger charge is -2.29. The maximum atomic E-state index is 11.2. The van der Waals surface area contributed by atoms with Crippen molar-refractivity contribution in [2.45, 2.75) is 26.7 Å². The monoisotopic (exact) mass is 150 g/mol. The van der Waals surface area contributed by atoms with E-state index in [1.807, 2.05) is 13.0 Å². The number of hydrogen-bond acceptors (Lipinski definition) is 1. The van der Waals surface area contributed by atoms with Gasteiger partial charge < -0.3 is 0 Å². The Hall–Kier alpha value is -0.850. The second-order valence-electron chi connectivity index (χ2n) is 3.35. The van der Waals surface area contributed by atoms with E-state index in [-0.39, 0.29) is 11.2 Å². The highest BCUT2D eigenvalue weighted by Crippen LogP contribution is 2.36. The fraction of sp³-hybridized carbons (Fsp3) is 0.500. The minimum absolute atomic E-state index is 0.229. The largest absolute Gasteiger partial charge is 0.299 e. The molecule has 0 N–H and O–H groups in total. The van der Waals surface area contributed by atoms with E-state index in [4.69, 9.17) is 0 Å². The van der Waals surface area contributed by atoms with Crippen LogP contribution in [-0.4, -0.2) is 5.78 Å². The van der Waals surface area contributed by atoms with E-state index in [0.717, 1.165) is 18.4 Å². The second kappa shape index (κ2) is 2.65. The number of allylic oxidation sites excluding steroid dienone is 3. The highest BCUT2D eigenvalue weighted by molar-refractivity contribution is 5.86. The lowest BCUT2D eigenvalue weighted by molar-refractivity contribution is -0.124. The summed E-state index contributed by atoms with van der Waals surface area (Å²) in [6, 6.07) is 0. The first-order valence-electron chi connectivity index (χ1n) is 3.94. The molecule has 1 unspecified atom stereocenters. The predicted octanol–water partition coefficient (Wildman–Crippen LogP) is 2.49. The van der Waals surface area contributed by atoms with Gasteiger partial charge in [0.05, 0.1) is 5.41 Å². The standard InChI is InChI=1S/C10H14O/c1-8-6-4-5-7-10(8,3)9(2)11/h4,6H,1,5,7H2,2-3H3. The summed E-state index contributed by atoms with van der Waals surface area (Å²) in [6.07, 6.45) is 5.95. The van der Waals surface area contributed by atoms with Crippen molar-refractivity contribution in [2.24, 2.45) is 5.41 Å². The molecule has 1 atom stereocenters. The zero-order valence-corrected chi connectivity index (χ0v) is 7.18. The van der Waals surface area contributed by atoms with E-state index in [2.05, 4.69) is 12.7 Å². The van der Waals surface area contributed by atoms with Crippen molar-refractivity contribution in [2.75, 3.05) is 0 Å². The molecular weight excluding hydrogens is 136 g/mol. The smallest absolute Gasteiger partial charge is 0.140 e. The number of rotatable bonds is 1. The lowest BCUT2D eigenvalue weighted by atomic mass is 9.73. The molecule has 0 aliphatic heterocycles. The third kappa shape index (κ3) is 1.28. The minimum atomic E-state index is -0.283. The van der Waals surface area contributed by atoms with E-state index >= 15 is 0 Å². The molecule has 0 radical (unpaired) electrons. The summed E-state index contributed by atoms with van der Waals surface area (Å²) in [4.78, 5) is 11.2. The minimum Gasteiger partial charge on any atom is -0.299 e. The molecule has 60 valence electrons. The molecule has 0 saturated heterocycles. The quantitative estimate of drug-likeness (QED) is 0.561. The number of Topliss-reactive ketones (excluding diaryl/α,β-unsaturated/α-hetero) is 1. The maximum absolute atomic E-state index is 11.2. The molecule has 0 heterocycles. The average molecular weight is 150 g/mol. The van der Waals surface area contributed by atoms with Crippen LogP contribution in [0.3, 0.4) is 0 Å². The SMILES string of the molecule is C=C1C=CCCC1(C)C(C)=O. The van der Waals surface area contributed by atoms with Crippen molar-refractivity contribution in [1.82, 2.24) is 0 Å². The van der Waals surface area contributed by atoms with E-state index in [1.54, 1.807) is 6.92 Å². The second-order valence-corrected chi connectivity index (χ2v) is 3.35. The molecular formula is C10H14O. The molecule has 0 aromatic heterocycles. The predicted molar refractivity (Wildman–Crippen MR) is 46.3 cm³/mol. The van der Waals surface area contributed by atoms with Gasteiger partial charge in [-0.15, -0.1) is 0 Å². The third-order valence-corrected chi connectivity index (χ3v) is 2.62. The van der Waals surface area contributed by atoms with Crippen LogP contribution in [0.15, 0.2) is 24.3 Å². The molecule has 0 aromatic carbocycles. The van der Waals surface area contributed by atoms with Gasteiger partial charge >= 0.3 is 0 Å². The summed E-state index contributed by atoms with van der Waals surface area (Å²) in [6.45, 7) is 7.50. The Morgan fingerprint density at radius 2 is 2.36 bits per heavy atom. The zero-order chi connectivity index (χ0) is 8.48. The van der Waals surface area contributed by atoms with E-state index in [1.165, 1.54) is 0 Å². The molecule has 0 spiro atoms. The Balaban J connectivity index is 2.94. The fourth-order valence-electron chi connectivity index (χ4n) is 1.34. The summed E-state index contributed by atoms with van der Waals surface area (Å²) in [5.41, 5.74) is 0.672. The van der Waals surface area contributed by atoms with E-state index in [0.29, 0.717) is 0 Å². The van der Waals surface area contributed by atoms with Gasteiger partial charge in [-0.05, 0) is 32.3 Å². The van der Waals surface area contributed by atoms with Crippen molar-refractivity contribution in [3.05, 3.63) is 24.3 Å². The van der Waals surface area contributed by atoms with Crippen LogP contribution in [0.4, 0.5) is 0 Å². The number of hydrogen-bond donors (Lipinski definition) is 0. The van der Waals surface area contributed by atoms with Gasteiger partial charge in [-0.1, -0.05) is 18.7 Å². The van der Waals surface area contributed by atoms with Crippen molar-refractivity contribution < 1.29 is 4.79 Å². The number of carbonyl (C=O) groups excluding carboxylic acids is 1. The summed E-state index contributed by atoms with van der Waals surface area (Å²) in [5, 5.41) is 0. The Bertz CT molecular complexity index is 225. The molecule has 0 fully saturated rings. The van der Waals surface area contributed by atoms with Gasteiger partial charge in [0.15, 0.2) is 0 Å². The number of carbonyl (C=O) groups is 1. The van der Waals surface area contributed by atoms with Crippen LogP contribution in [0.1, 0.15) is 26.7 Å². The van der Waals surface area contributed by atoms with Crippen molar-refractivity contribution in [1.29, 1.82) is 0 Å². The topological polar surface area (TPSA) is 17.1 Å². The van der Waals surface area contributed by atoms with Crippen molar-refractivity contribution in [3.63, 3.8) is 0 Å². The molecule has 1 aliphatic carbocycles. The highest BCUT2D eigenvalue weighted by Gasteiger charge is 2.32. The van der Waals surface area contributed by atoms with Gasteiger partial charge in [0, 0.05) is 0 Å². The molecule has 1 aliphatic rings. The van der Waals surface area contributed by atoms with E-state index in [9.17, 15) is 4.79 Å². The van der Waals surface area contributed by atoms with Gasteiger partial charge in [0.2, 0.25) is 0 Å². The lowest BCUT2D eigenvalue weighted by Crippen LogP contribution is -2.28. The van der Waals surface area contributed by atoms with Gasteiger partial charge in [-0.2, -0.15) is 0 Å². The molecule has 11 heavy (non-hydrogen) atoms. The van der Waals surface area contributed by atoms with Crippen molar-refractivity contribution in [3.8, 4) is 0 Å². The molecule has 0 saturated carbocycles. The first kappa shape index (κ1) is 8.25. The van der Waals surface area contributed by atoms with Gasteiger partial charge in [-0.25, -0.2) is 0 Å². The fourth-order valence-corrected chi connectivity index (χ4v) is 1.34. The van der Waals surface area contributed by atoms with Crippen LogP contribution in [0.5, 0.6) is 0 Å². The van der Waals surface area contributed by atoms with Gasteiger partial charge in [0.25, 0.3) is 0 Å². The first-order chi connectivity index (χ1) is 5.07. The zero-order valence-electron chi connectivity index (χ0n) is 7.18. The Morgan fingerprint density at radius 1 is 1.73 bits per heavy atom. The van der Waals surface area contributed by atoms with Crippen LogP contribution in [0.25, 0.3) is 0 Å². The van der Waals surface area contributed by atoms with Gasteiger partial charge in [0.1, 0.15) is 5.78 Å². The molecule has 1 nitrogen and oxygen atoms in total. The summed E-state index contributed by atoms with van der Waals surface area (Å²) in [7, 11) is 0. The molecule has 0 aromatic rings. The summed E-state index contributed by atoms with van der Waals surface area (Å²) >= 11 is 0. The molecule has 1 heteroatoms. The third-order valence-electron chi connectivity index (χ3n) is 2.62. The Labute approximate surface area is 67.8 Å². The van der Waals surface area contributed by atoms with Crippen LogP contribution in [-0.2, 0) is 4.79 Å². The Morgan fingerprint density at radius 3 is 2.73 bits per heavy atom. The maximum Gasteiger partial charge on any atom is 0.140 e. The first-order valence-corrected chi connectivity index (χ1v) is 3.94. The van der Waals surface area contributed by atoms with Crippen LogP contribution in [0.2, 0.25) is 0 Å². The van der Waals surface area contributed by atoms with Crippen molar-refractivity contribution >= 4 is 5.78 Å². The summed E-state index contributed by atoms with van der Waals surface area (Å²) < 4.78 is 0. The summed E-state index contributed by atoms with van der Waals surface area (Å²) in [5.74, 6) is 0.229. The molecule has 0 bridgehead atoms. The van der Waals surface area contributed by atoms with Crippen LogP contribution in [0, 0.1) is 5.41 Å². The normalized spacial score (nSPS) is 30.5. The molecule has 0 amide bonds. The Kier molecular flexibility index (Phi) is 1.99. The van der Waals surface area contributed by atoms with Gasteiger partial charge in [-0.3, -0.25) is 4.79 Å². The van der Waals surface area contributed by atoms with Crippen LogP contribution >= 0.6 is 0 Å². The highest BCUT2D eigenvalue weighted by atomic mass is 16.1. The number of ketones is 1. The molecule has 1 rings (SSSR count). The van der Waals surface area contributed by atoms with E-state index < -0.39 is 0 Å². The van der Waals surface area contributed by atoms with Crippen LogP contribution < -0.4 is 0 Å².